The standard InChI is InChI=1S/C12H14S2/c1-4-9-6-10-5-8(2)14-12(10)7-11(9)13-3/h5-7H,4H2,1-3H3. The lowest BCUT2D eigenvalue weighted by Gasteiger charge is -2.04. The van der Waals surface area contributed by atoms with Crippen LogP contribution in [0.15, 0.2) is 23.1 Å². The molecule has 2 aromatic rings. The molecular formula is C12H14S2. The minimum Gasteiger partial charge on any atom is -0.141 e. The molecule has 0 aliphatic heterocycles. The van der Waals surface area contributed by atoms with Crippen LogP contribution in [0.1, 0.15) is 17.4 Å². The molecule has 1 heterocycles. The lowest BCUT2D eigenvalue weighted by atomic mass is 10.1. The summed E-state index contributed by atoms with van der Waals surface area (Å²) < 4.78 is 1.42. The molecule has 0 spiro atoms. The lowest BCUT2D eigenvalue weighted by Crippen LogP contribution is -1.83. The van der Waals surface area contributed by atoms with E-state index >= 15 is 0 Å². The Morgan fingerprint density at radius 1 is 1.29 bits per heavy atom. The summed E-state index contributed by atoms with van der Waals surface area (Å²) in [6, 6.07) is 6.95. The highest BCUT2D eigenvalue weighted by molar-refractivity contribution is 7.98. The van der Waals surface area contributed by atoms with Crippen molar-refractivity contribution in [2.45, 2.75) is 25.2 Å². The summed E-state index contributed by atoms with van der Waals surface area (Å²) in [5, 5.41) is 1.40. The molecule has 0 nitrogen and oxygen atoms in total. The van der Waals surface area contributed by atoms with E-state index in [0.29, 0.717) is 0 Å². The van der Waals surface area contributed by atoms with Gasteiger partial charge in [-0.15, -0.1) is 23.1 Å². The molecule has 1 aromatic heterocycles. The van der Waals surface area contributed by atoms with Crippen LogP contribution in [0.25, 0.3) is 10.1 Å². The van der Waals surface area contributed by atoms with E-state index in [1.165, 1.54) is 25.4 Å². The number of hydrogen-bond donors (Lipinski definition) is 0. The molecule has 14 heavy (non-hydrogen) atoms. The van der Waals surface area contributed by atoms with Crippen molar-refractivity contribution in [3.05, 3.63) is 28.6 Å². The first-order chi connectivity index (χ1) is 6.74. The van der Waals surface area contributed by atoms with Gasteiger partial charge >= 0.3 is 0 Å². The van der Waals surface area contributed by atoms with Crippen molar-refractivity contribution < 1.29 is 0 Å². The van der Waals surface area contributed by atoms with Crippen LogP contribution >= 0.6 is 23.1 Å². The maximum Gasteiger partial charge on any atom is 0.0356 e. The van der Waals surface area contributed by atoms with Gasteiger partial charge in [0.05, 0.1) is 0 Å². The normalized spacial score (nSPS) is 11.1. The monoisotopic (exact) mass is 222 g/mol. The zero-order valence-electron chi connectivity index (χ0n) is 8.76. The molecule has 0 aliphatic rings. The van der Waals surface area contributed by atoms with Crippen molar-refractivity contribution in [1.82, 2.24) is 0 Å². The Kier molecular flexibility index (Phi) is 2.84. The SMILES string of the molecule is CCc1cc2cc(C)sc2cc1SC. The molecule has 2 rings (SSSR count). The van der Waals surface area contributed by atoms with Crippen molar-refractivity contribution in [3.8, 4) is 0 Å². The van der Waals surface area contributed by atoms with Crippen LogP contribution in [0.3, 0.4) is 0 Å². The second-order valence-electron chi connectivity index (χ2n) is 3.41. The minimum atomic E-state index is 1.13. The molecule has 0 saturated carbocycles. The molecule has 0 atom stereocenters. The molecule has 0 unspecified atom stereocenters. The van der Waals surface area contributed by atoms with Gasteiger partial charge in [-0.2, -0.15) is 0 Å². The average molecular weight is 222 g/mol. The summed E-state index contributed by atoms with van der Waals surface area (Å²) >= 11 is 3.74. The molecule has 0 saturated heterocycles. The minimum absolute atomic E-state index is 1.13. The zero-order valence-corrected chi connectivity index (χ0v) is 10.4. The maximum absolute atomic E-state index is 2.34. The molecule has 0 aliphatic carbocycles. The molecular weight excluding hydrogens is 208 g/mol. The Morgan fingerprint density at radius 3 is 2.71 bits per heavy atom. The van der Waals surface area contributed by atoms with Crippen molar-refractivity contribution in [3.63, 3.8) is 0 Å². The molecule has 2 heteroatoms. The molecule has 0 fully saturated rings. The van der Waals surface area contributed by atoms with E-state index < -0.39 is 0 Å². The van der Waals surface area contributed by atoms with Gasteiger partial charge in [-0.1, -0.05) is 6.92 Å². The fourth-order valence-electron chi connectivity index (χ4n) is 1.71. The fourth-order valence-corrected chi connectivity index (χ4v) is 3.44. The van der Waals surface area contributed by atoms with E-state index in [9.17, 15) is 0 Å². The van der Waals surface area contributed by atoms with E-state index in [1.54, 1.807) is 0 Å². The van der Waals surface area contributed by atoms with E-state index in [2.05, 4.69) is 38.3 Å². The first-order valence-electron chi connectivity index (χ1n) is 4.81. The van der Waals surface area contributed by atoms with E-state index in [0.717, 1.165) is 6.42 Å². The van der Waals surface area contributed by atoms with Crippen molar-refractivity contribution in [2.24, 2.45) is 0 Å². The van der Waals surface area contributed by atoms with Crippen LogP contribution in [0.2, 0.25) is 0 Å². The van der Waals surface area contributed by atoms with Gasteiger partial charge in [0.2, 0.25) is 0 Å². The highest BCUT2D eigenvalue weighted by Gasteiger charge is 2.04. The fraction of sp³-hybridized carbons (Fsp3) is 0.333. The van der Waals surface area contributed by atoms with Gasteiger partial charge in [-0.05, 0) is 48.7 Å². The van der Waals surface area contributed by atoms with Crippen LogP contribution < -0.4 is 0 Å². The van der Waals surface area contributed by atoms with Crippen LogP contribution in [0.4, 0.5) is 0 Å². The van der Waals surface area contributed by atoms with Gasteiger partial charge in [-0.3, -0.25) is 0 Å². The Balaban J connectivity index is 2.68. The highest BCUT2D eigenvalue weighted by atomic mass is 32.2. The second-order valence-corrected chi connectivity index (χ2v) is 5.55. The van der Waals surface area contributed by atoms with Crippen molar-refractivity contribution in [1.29, 1.82) is 0 Å². The van der Waals surface area contributed by atoms with Gasteiger partial charge in [0.1, 0.15) is 0 Å². The first-order valence-corrected chi connectivity index (χ1v) is 6.85. The Morgan fingerprint density at radius 2 is 2.07 bits per heavy atom. The molecule has 0 radical (unpaired) electrons. The average Bonchev–Trinajstić information content (AvgIpc) is 2.54. The van der Waals surface area contributed by atoms with E-state index in [-0.39, 0.29) is 0 Å². The number of hydrogen-bond acceptors (Lipinski definition) is 2. The Labute approximate surface area is 93.3 Å². The molecule has 74 valence electrons. The second kappa shape index (κ2) is 3.95. The highest BCUT2D eigenvalue weighted by Crippen LogP contribution is 2.32. The third-order valence-corrected chi connectivity index (χ3v) is 4.26. The van der Waals surface area contributed by atoms with Crippen LogP contribution in [-0.4, -0.2) is 6.26 Å². The molecule has 0 N–H and O–H groups in total. The molecule has 1 aromatic carbocycles. The molecule has 0 bridgehead atoms. The third kappa shape index (κ3) is 1.69. The summed E-state index contributed by atoms with van der Waals surface area (Å²) in [7, 11) is 0. The quantitative estimate of drug-likeness (QED) is 0.674. The number of aryl methyl sites for hydroxylation is 2. The summed E-state index contributed by atoms with van der Waals surface area (Å²) in [4.78, 5) is 2.84. The Bertz CT molecular complexity index is 414. The lowest BCUT2D eigenvalue weighted by molar-refractivity contribution is 1.09. The maximum atomic E-state index is 2.34. The Hall–Kier alpha value is -0.470. The third-order valence-electron chi connectivity index (χ3n) is 2.42. The summed E-state index contributed by atoms with van der Waals surface area (Å²) in [5.74, 6) is 0. The number of rotatable bonds is 2. The summed E-state index contributed by atoms with van der Waals surface area (Å²) in [6.45, 7) is 4.40. The van der Waals surface area contributed by atoms with Crippen molar-refractivity contribution >= 4 is 33.2 Å². The number of thioether (sulfide) groups is 1. The van der Waals surface area contributed by atoms with Gasteiger partial charge in [-0.25, -0.2) is 0 Å². The number of thiophene rings is 1. The van der Waals surface area contributed by atoms with Gasteiger partial charge < -0.3 is 0 Å². The molecule has 0 amide bonds. The van der Waals surface area contributed by atoms with Gasteiger partial charge in [0.25, 0.3) is 0 Å². The summed E-state index contributed by atoms with van der Waals surface area (Å²) in [6.07, 6.45) is 3.28. The van der Waals surface area contributed by atoms with Crippen LogP contribution in [0.5, 0.6) is 0 Å². The number of fused-ring (bicyclic) bond motifs is 1. The summed E-state index contributed by atoms with van der Waals surface area (Å²) in [5.41, 5.74) is 1.47. The van der Waals surface area contributed by atoms with Crippen LogP contribution in [0, 0.1) is 6.92 Å². The van der Waals surface area contributed by atoms with Crippen LogP contribution in [-0.2, 0) is 6.42 Å². The zero-order chi connectivity index (χ0) is 10.1. The predicted molar refractivity (Wildman–Crippen MR) is 67.7 cm³/mol. The predicted octanol–water partition coefficient (Wildman–Crippen LogP) is 4.49. The first kappa shape index (κ1) is 10.1. The van der Waals surface area contributed by atoms with Gasteiger partial charge in [0.15, 0.2) is 0 Å². The van der Waals surface area contributed by atoms with E-state index in [1.807, 2.05) is 23.1 Å². The number of benzene rings is 1. The van der Waals surface area contributed by atoms with Crippen molar-refractivity contribution in [2.75, 3.05) is 6.26 Å². The van der Waals surface area contributed by atoms with Gasteiger partial charge in [0, 0.05) is 14.5 Å². The largest absolute Gasteiger partial charge is 0.141 e. The topological polar surface area (TPSA) is 0 Å². The smallest absolute Gasteiger partial charge is 0.0356 e. The van der Waals surface area contributed by atoms with E-state index in [4.69, 9.17) is 0 Å².